The molecule has 0 aliphatic rings. The largest absolute Gasteiger partial charge is 0.355 e. The highest BCUT2D eigenvalue weighted by molar-refractivity contribution is 5.85. The molecule has 0 aromatic carbocycles. The SMILES string of the molecule is CCNC(=O)C(N)CCCCN.Cl. The van der Waals surface area contributed by atoms with Crippen molar-refractivity contribution >= 4 is 18.3 Å². The molecule has 1 unspecified atom stereocenters. The minimum absolute atomic E-state index is 0. The van der Waals surface area contributed by atoms with Gasteiger partial charge in [-0.25, -0.2) is 0 Å². The number of hydrogen-bond acceptors (Lipinski definition) is 3. The molecule has 0 aromatic heterocycles. The van der Waals surface area contributed by atoms with Crippen molar-refractivity contribution < 1.29 is 4.79 Å². The van der Waals surface area contributed by atoms with Gasteiger partial charge in [-0.1, -0.05) is 6.42 Å². The summed E-state index contributed by atoms with van der Waals surface area (Å²) in [4.78, 5) is 11.1. The molecule has 1 atom stereocenters. The highest BCUT2D eigenvalue weighted by Gasteiger charge is 2.10. The molecule has 0 heterocycles. The quantitative estimate of drug-likeness (QED) is 0.539. The first-order chi connectivity index (χ1) is 5.72. The molecule has 0 spiro atoms. The van der Waals surface area contributed by atoms with E-state index in [0.29, 0.717) is 13.1 Å². The predicted molar refractivity (Wildman–Crippen MR) is 56.8 cm³/mol. The Morgan fingerprint density at radius 3 is 2.54 bits per heavy atom. The van der Waals surface area contributed by atoms with Gasteiger partial charge in [0.15, 0.2) is 0 Å². The van der Waals surface area contributed by atoms with Crippen molar-refractivity contribution in [3.8, 4) is 0 Å². The van der Waals surface area contributed by atoms with E-state index in [-0.39, 0.29) is 24.4 Å². The Bertz CT molecular complexity index is 133. The van der Waals surface area contributed by atoms with Gasteiger partial charge in [0.05, 0.1) is 6.04 Å². The van der Waals surface area contributed by atoms with Crippen LogP contribution in [0.15, 0.2) is 0 Å². The van der Waals surface area contributed by atoms with Crippen molar-refractivity contribution in [2.45, 2.75) is 32.2 Å². The molecule has 0 aliphatic heterocycles. The zero-order valence-electron chi connectivity index (χ0n) is 8.08. The van der Waals surface area contributed by atoms with E-state index in [0.717, 1.165) is 19.3 Å². The van der Waals surface area contributed by atoms with Gasteiger partial charge in [-0.3, -0.25) is 4.79 Å². The lowest BCUT2D eigenvalue weighted by Gasteiger charge is -2.09. The van der Waals surface area contributed by atoms with Gasteiger partial charge in [-0.2, -0.15) is 0 Å². The fourth-order valence-corrected chi connectivity index (χ4v) is 0.945. The second-order valence-corrected chi connectivity index (χ2v) is 2.79. The molecule has 5 N–H and O–H groups in total. The number of rotatable bonds is 6. The molecule has 13 heavy (non-hydrogen) atoms. The summed E-state index contributed by atoms with van der Waals surface area (Å²) in [7, 11) is 0. The molecule has 0 fully saturated rings. The van der Waals surface area contributed by atoms with Crippen LogP contribution < -0.4 is 16.8 Å². The molecule has 0 aromatic rings. The zero-order chi connectivity index (χ0) is 9.40. The first kappa shape index (κ1) is 15.2. The fourth-order valence-electron chi connectivity index (χ4n) is 0.945. The van der Waals surface area contributed by atoms with Crippen molar-refractivity contribution in [3.05, 3.63) is 0 Å². The summed E-state index contributed by atoms with van der Waals surface area (Å²) in [6, 6.07) is -0.364. The average molecular weight is 210 g/mol. The number of amides is 1. The summed E-state index contributed by atoms with van der Waals surface area (Å²) in [6.45, 7) is 3.19. The van der Waals surface area contributed by atoms with Gasteiger partial charge < -0.3 is 16.8 Å². The van der Waals surface area contributed by atoms with Crippen LogP contribution in [-0.4, -0.2) is 25.0 Å². The summed E-state index contributed by atoms with van der Waals surface area (Å²) in [5, 5.41) is 2.68. The second kappa shape index (κ2) is 9.77. The first-order valence-electron chi connectivity index (χ1n) is 4.45. The van der Waals surface area contributed by atoms with Gasteiger partial charge in [-0.05, 0) is 26.3 Å². The highest BCUT2D eigenvalue weighted by atomic mass is 35.5. The van der Waals surface area contributed by atoms with Gasteiger partial charge in [0, 0.05) is 6.54 Å². The molecular formula is C8H20ClN3O. The van der Waals surface area contributed by atoms with E-state index in [9.17, 15) is 4.79 Å². The maximum Gasteiger partial charge on any atom is 0.236 e. The van der Waals surface area contributed by atoms with Gasteiger partial charge in [0.25, 0.3) is 0 Å². The molecule has 0 aliphatic carbocycles. The third-order valence-corrected chi connectivity index (χ3v) is 1.66. The summed E-state index contributed by atoms with van der Waals surface area (Å²) in [5.41, 5.74) is 10.9. The summed E-state index contributed by atoms with van der Waals surface area (Å²) in [5.74, 6) is -0.0606. The van der Waals surface area contributed by atoms with E-state index < -0.39 is 0 Å². The van der Waals surface area contributed by atoms with Crippen LogP contribution in [0.25, 0.3) is 0 Å². The number of unbranched alkanes of at least 4 members (excludes halogenated alkanes) is 1. The highest BCUT2D eigenvalue weighted by Crippen LogP contribution is 1.97. The van der Waals surface area contributed by atoms with E-state index in [1.807, 2.05) is 6.92 Å². The van der Waals surface area contributed by atoms with E-state index in [1.165, 1.54) is 0 Å². The van der Waals surface area contributed by atoms with Crippen LogP contribution in [0.4, 0.5) is 0 Å². The molecule has 0 bridgehead atoms. The Kier molecular flexibility index (Phi) is 11.4. The average Bonchev–Trinajstić information content (AvgIpc) is 2.05. The van der Waals surface area contributed by atoms with Crippen LogP contribution in [0, 0.1) is 0 Å². The van der Waals surface area contributed by atoms with Crippen LogP contribution in [0.2, 0.25) is 0 Å². The maximum absolute atomic E-state index is 11.1. The van der Waals surface area contributed by atoms with Crippen LogP contribution in [0.3, 0.4) is 0 Å². The summed E-state index contributed by atoms with van der Waals surface area (Å²) >= 11 is 0. The number of likely N-dealkylation sites (N-methyl/N-ethyl adjacent to an activating group) is 1. The number of halogens is 1. The van der Waals surface area contributed by atoms with E-state index >= 15 is 0 Å². The Balaban J connectivity index is 0. The van der Waals surface area contributed by atoms with Gasteiger partial charge in [0.1, 0.15) is 0 Å². The molecule has 0 saturated carbocycles. The van der Waals surface area contributed by atoms with E-state index in [2.05, 4.69) is 5.32 Å². The van der Waals surface area contributed by atoms with Crippen molar-refractivity contribution in [2.24, 2.45) is 11.5 Å². The second-order valence-electron chi connectivity index (χ2n) is 2.79. The minimum atomic E-state index is -0.364. The topological polar surface area (TPSA) is 81.1 Å². The lowest BCUT2D eigenvalue weighted by molar-refractivity contribution is -0.122. The summed E-state index contributed by atoms with van der Waals surface area (Å²) < 4.78 is 0. The van der Waals surface area contributed by atoms with Crippen molar-refractivity contribution in [1.82, 2.24) is 5.32 Å². The smallest absolute Gasteiger partial charge is 0.236 e. The summed E-state index contributed by atoms with van der Waals surface area (Å²) in [6.07, 6.45) is 2.59. The standard InChI is InChI=1S/C8H19N3O.ClH/c1-2-11-8(12)7(10)5-3-4-6-9;/h7H,2-6,9-10H2,1H3,(H,11,12);1H. The number of nitrogens with one attached hydrogen (secondary N) is 1. The molecule has 5 heteroatoms. The van der Waals surface area contributed by atoms with Crippen molar-refractivity contribution in [2.75, 3.05) is 13.1 Å². The third kappa shape index (κ3) is 8.02. The molecule has 0 saturated heterocycles. The Hall–Kier alpha value is -0.320. The van der Waals surface area contributed by atoms with Gasteiger partial charge in [0.2, 0.25) is 5.91 Å². The van der Waals surface area contributed by atoms with Crippen LogP contribution in [0.1, 0.15) is 26.2 Å². The Labute approximate surface area is 85.8 Å². The molecular weight excluding hydrogens is 190 g/mol. The van der Waals surface area contributed by atoms with E-state index in [1.54, 1.807) is 0 Å². The zero-order valence-corrected chi connectivity index (χ0v) is 8.90. The lowest BCUT2D eigenvalue weighted by atomic mass is 10.1. The monoisotopic (exact) mass is 209 g/mol. The van der Waals surface area contributed by atoms with Crippen molar-refractivity contribution in [1.29, 1.82) is 0 Å². The Morgan fingerprint density at radius 2 is 2.08 bits per heavy atom. The molecule has 0 rings (SSSR count). The van der Waals surface area contributed by atoms with E-state index in [4.69, 9.17) is 11.5 Å². The molecule has 80 valence electrons. The molecule has 0 radical (unpaired) electrons. The predicted octanol–water partition coefficient (Wildman–Crippen LogP) is 0.000600. The normalized spacial score (nSPS) is 11.6. The van der Waals surface area contributed by atoms with Gasteiger partial charge >= 0.3 is 0 Å². The van der Waals surface area contributed by atoms with Crippen LogP contribution in [-0.2, 0) is 4.79 Å². The number of hydrogen-bond donors (Lipinski definition) is 3. The van der Waals surface area contributed by atoms with Crippen LogP contribution >= 0.6 is 12.4 Å². The maximum atomic E-state index is 11.1. The molecule has 4 nitrogen and oxygen atoms in total. The fraction of sp³-hybridized carbons (Fsp3) is 0.875. The number of carbonyl (C=O) groups is 1. The van der Waals surface area contributed by atoms with Crippen molar-refractivity contribution in [3.63, 3.8) is 0 Å². The van der Waals surface area contributed by atoms with Crippen LogP contribution in [0.5, 0.6) is 0 Å². The lowest BCUT2D eigenvalue weighted by Crippen LogP contribution is -2.40. The molecule has 1 amide bonds. The Morgan fingerprint density at radius 1 is 1.46 bits per heavy atom. The first-order valence-corrected chi connectivity index (χ1v) is 4.45. The third-order valence-electron chi connectivity index (χ3n) is 1.66. The number of carbonyl (C=O) groups excluding carboxylic acids is 1. The number of nitrogens with two attached hydrogens (primary N) is 2. The minimum Gasteiger partial charge on any atom is -0.355 e. The van der Waals surface area contributed by atoms with Gasteiger partial charge in [-0.15, -0.1) is 12.4 Å².